The predicted molar refractivity (Wildman–Crippen MR) is 52.7 cm³/mol. The average molecular weight is 212 g/mol. The Morgan fingerprint density at radius 2 is 2.27 bits per heavy atom. The van der Waals surface area contributed by atoms with Gasteiger partial charge in [0.15, 0.2) is 0 Å². The van der Waals surface area contributed by atoms with Gasteiger partial charge in [-0.15, -0.1) is 0 Å². The first-order valence-electron chi connectivity index (χ1n) is 4.56. The van der Waals surface area contributed by atoms with E-state index in [1.54, 1.807) is 13.0 Å². The molecule has 0 saturated heterocycles. The fourth-order valence-corrected chi connectivity index (χ4v) is 1.34. The highest BCUT2D eigenvalue weighted by Gasteiger charge is 2.16. The smallest absolute Gasteiger partial charge is 0.308 e. The summed E-state index contributed by atoms with van der Waals surface area (Å²) in [6.07, 6.45) is -1.19. The lowest BCUT2D eigenvalue weighted by molar-refractivity contribution is -0.142. The summed E-state index contributed by atoms with van der Waals surface area (Å²) < 4.78 is 17.6. The van der Waals surface area contributed by atoms with Crippen LogP contribution in [0.5, 0.6) is 0 Å². The van der Waals surface area contributed by atoms with Crippen molar-refractivity contribution in [2.75, 3.05) is 7.11 Å². The molecule has 1 aromatic carbocycles. The molecule has 0 spiro atoms. The molecule has 0 fully saturated rings. The summed E-state index contributed by atoms with van der Waals surface area (Å²) in [6.45, 7) is 1.56. The summed E-state index contributed by atoms with van der Waals surface area (Å²) in [7, 11) is 1.24. The molecule has 0 aliphatic carbocycles. The molecule has 0 aliphatic heterocycles. The number of hydrogen-bond donors (Lipinski definition) is 1. The van der Waals surface area contributed by atoms with Crippen LogP contribution in [0.3, 0.4) is 0 Å². The van der Waals surface area contributed by atoms with Gasteiger partial charge in [0.1, 0.15) is 5.82 Å². The Morgan fingerprint density at radius 1 is 1.60 bits per heavy atom. The highest BCUT2D eigenvalue weighted by atomic mass is 19.1. The van der Waals surface area contributed by atoms with E-state index in [2.05, 4.69) is 4.74 Å². The standard InChI is InChI=1S/C11H13FO3/c1-7-8(4-3-5-9(7)12)10(13)6-11(14)15-2/h3-5,10,13H,6H2,1-2H3/t10-/m0/s1. The summed E-state index contributed by atoms with van der Waals surface area (Å²) in [5.41, 5.74) is 0.773. The molecular formula is C11H13FO3. The molecule has 0 bridgehead atoms. The number of esters is 1. The molecule has 0 amide bonds. The van der Waals surface area contributed by atoms with Gasteiger partial charge < -0.3 is 9.84 Å². The molecule has 0 unspecified atom stereocenters. The Balaban J connectivity index is 2.86. The first kappa shape index (κ1) is 11.7. The van der Waals surface area contributed by atoms with Gasteiger partial charge in [-0.25, -0.2) is 4.39 Å². The highest BCUT2D eigenvalue weighted by molar-refractivity contribution is 5.70. The Hall–Kier alpha value is -1.42. The van der Waals surface area contributed by atoms with Gasteiger partial charge in [-0.05, 0) is 24.1 Å². The third-order valence-corrected chi connectivity index (χ3v) is 2.26. The van der Waals surface area contributed by atoms with Crippen LogP contribution in [-0.2, 0) is 9.53 Å². The van der Waals surface area contributed by atoms with E-state index in [9.17, 15) is 14.3 Å². The number of rotatable bonds is 3. The number of carbonyl (C=O) groups excluding carboxylic acids is 1. The van der Waals surface area contributed by atoms with Crippen molar-refractivity contribution in [3.05, 3.63) is 35.1 Å². The molecule has 0 heterocycles. The molecule has 0 aliphatic rings. The summed E-state index contributed by atoms with van der Waals surface area (Å²) in [4.78, 5) is 10.9. The van der Waals surface area contributed by atoms with Gasteiger partial charge in [0.05, 0.1) is 19.6 Å². The SMILES string of the molecule is COC(=O)C[C@H](O)c1cccc(F)c1C. The minimum absolute atomic E-state index is 0.166. The van der Waals surface area contributed by atoms with Gasteiger partial charge >= 0.3 is 5.97 Å². The third-order valence-electron chi connectivity index (χ3n) is 2.26. The van der Waals surface area contributed by atoms with Crippen LogP contribution >= 0.6 is 0 Å². The molecule has 15 heavy (non-hydrogen) atoms. The normalized spacial score (nSPS) is 12.3. The van der Waals surface area contributed by atoms with Gasteiger partial charge in [-0.3, -0.25) is 4.79 Å². The van der Waals surface area contributed by atoms with Crippen LogP contribution in [0, 0.1) is 12.7 Å². The fraction of sp³-hybridized carbons (Fsp3) is 0.364. The van der Waals surface area contributed by atoms with E-state index in [-0.39, 0.29) is 6.42 Å². The lowest BCUT2D eigenvalue weighted by Gasteiger charge is -2.12. The second-order valence-electron chi connectivity index (χ2n) is 3.25. The zero-order valence-corrected chi connectivity index (χ0v) is 8.66. The topological polar surface area (TPSA) is 46.5 Å². The van der Waals surface area contributed by atoms with Crippen molar-refractivity contribution in [3.63, 3.8) is 0 Å². The number of methoxy groups -OCH3 is 1. The first-order valence-corrected chi connectivity index (χ1v) is 4.56. The van der Waals surface area contributed by atoms with Crippen LogP contribution in [0.2, 0.25) is 0 Å². The minimum atomic E-state index is -1.02. The number of aliphatic hydroxyl groups excluding tert-OH is 1. The van der Waals surface area contributed by atoms with Crippen molar-refractivity contribution in [2.24, 2.45) is 0 Å². The van der Waals surface area contributed by atoms with Crippen LogP contribution in [0.15, 0.2) is 18.2 Å². The van der Waals surface area contributed by atoms with E-state index in [1.807, 2.05) is 0 Å². The Labute approximate surface area is 87.5 Å². The summed E-state index contributed by atoms with van der Waals surface area (Å²) >= 11 is 0. The molecular weight excluding hydrogens is 199 g/mol. The zero-order chi connectivity index (χ0) is 11.4. The van der Waals surface area contributed by atoms with E-state index >= 15 is 0 Å². The van der Waals surface area contributed by atoms with Gasteiger partial charge in [0.2, 0.25) is 0 Å². The maximum Gasteiger partial charge on any atom is 0.308 e. The molecule has 1 rings (SSSR count). The minimum Gasteiger partial charge on any atom is -0.469 e. The summed E-state index contributed by atoms with van der Waals surface area (Å²) in [5.74, 6) is -0.914. The lowest BCUT2D eigenvalue weighted by Crippen LogP contribution is -2.09. The largest absolute Gasteiger partial charge is 0.469 e. The second-order valence-corrected chi connectivity index (χ2v) is 3.25. The molecule has 1 N–H and O–H groups in total. The maximum atomic E-state index is 13.1. The molecule has 3 nitrogen and oxygen atoms in total. The van der Waals surface area contributed by atoms with Gasteiger partial charge in [-0.1, -0.05) is 12.1 Å². The van der Waals surface area contributed by atoms with Crippen LogP contribution < -0.4 is 0 Å². The van der Waals surface area contributed by atoms with Gasteiger partial charge in [0, 0.05) is 0 Å². The summed E-state index contributed by atoms with van der Waals surface area (Å²) in [6, 6.07) is 4.40. The molecule has 1 atom stereocenters. The average Bonchev–Trinajstić information content (AvgIpc) is 2.21. The number of carbonyl (C=O) groups is 1. The molecule has 82 valence electrons. The van der Waals surface area contributed by atoms with Gasteiger partial charge in [0.25, 0.3) is 0 Å². The third kappa shape index (κ3) is 2.76. The number of ether oxygens (including phenoxy) is 1. The van der Waals surface area contributed by atoms with Crippen LogP contribution in [-0.4, -0.2) is 18.2 Å². The number of benzene rings is 1. The monoisotopic (exact) mass is 212 g/mol. The second kappa shape index (κ2) is 4.89. The number of halogens is 1. The number of aliphatic hydroxyl groups is 1. The zero-order valence-electron chi connectivity index (χ0n) is 8.66. The molecule has 4 heteroatoms. The van der Waals surface area contributed by atoms with Crippen LogP contribution in [0.1, 0.15) is 23.7 Å². The Morgan fingerprint density at radius 3 is 2.87 bits per heavy atom. The molecule has 1 aromatic rings. The van der Waals surface area contributed by atoms with E-state index in [1.165, 1.54) is 19.2 Å². The molecule has 0 saturated carbocycles. The quantitative estimate of drug-likeness (QED) is 0.776. The maximum absolute atomic E-state index is 13.1. The van der Waals surface area contributed by atoms with Crippen molar-refractivity contribution < 1.29 is 19.0 Å². The Bertz CT molecular complexity index is 363. The van der Waals surface area contributed by atoms with Crippen molar-refractivity contribution >= 4 is 5.97 Å². The molecule has 0 radical (unpaired) electrons. The van der Waals surface area contributed by atoms with E-state index in [4.69, 9.17) is 0 Å². The Kier molecular flexibility index (Phi) is 3.80. The van der Waals surface area contributed by atoms with Crippen molar-refractivity contribution in [1.82, 2.24) is 0 Å². The lowest BCUT2D eigenvalue weighted by atomic mass is 10.0. The van der Waals surface area contributed by atoms with E-state index < -0.39 is 17.9 Å². The van der Waals surface area contributed by atoms with Crippen molar-refractivity contribution in [3.8, 4) is 0 Å². The van der Waals surface area contributed by atoms with Crippen molar-refractivity contribution in [1.29, 1.82) is 0 Å². The highest BCUT2D eigenvalue weighted by Crippen LogP contribution is 2.22. The molecule has 0 aromatic heterocycles. The van der Waals surface area contributed by atoms with Crippen LogP contribution in [0.25, 0.3) is 0 Å². The summed E-state index contributed by atoms with van der Waals surface area (Å²) in [5, 5.41) is 9.66. The van der Waals surface area contributed by atoms with E-state index in [0.717, 1.165) is 0 Å². The first-order chi connectivity index (χ1) is 7.06. The van der Waals surface area contributed by atoms with Crippen molar-refractivity contribution in [2.45, 2.75) is 19.4 Å². The fourth-order valence-electron chi connectivity index (χ4n) is 1.34. The number of hydrogen-bond acceptors (Lipinski definition) is 3. The van der Waals surface area contributed by atoms with E-state index in [0.29, 0.717) is 11.1 Å². The van der Waals surface area contributed by atoms with Gasteiger partial charge in [-0.2, -0.15) is 0 Å². The van der Waals surface area contributed by atoms with Crippen LogP contribution in [0.4, 0.5) is 4.39 Å². The predicted octanol–water partition coefficient (Wildman–Crippen LogP) is 1.73.